The van der Waals surface area contributed by atoms with Crippen molar-refractivity contribution < 1.29 is 14.7 Å². The fourth-order valence-corrected chi connectivity index (χ4v) is 3.98. The van der Waals surface area contributed by atoms with Crippen LogP contribution in [0.3, 0.4) is 0 Å². The van der Waals surface area contributed by atoms with Crippen molar-refractivity contribution in [3.05, 3.63) is 22.4 Å². The molecular weight excluding hydrogens is 282 g/mol. The molecule has 19 heavy (non-hydrogen) atoms. The van der Waals surface area contributed by atoms with Crippen LogP contribution < -0.4 is 5.32 Å². The van der Waals surface area contributed by atoms with Gasteiger partial charge in [0.1, 0.15) is 5.54 Å². The Morgan fingerprint density at radius 1 is 1.42 bits per heavy atom. The molecule has 1 aromatic heterocycles. The van der Waals surface area contributed by atoms with Crippen LogP contribution in [-0.2, 0) is 15.3 Å². The Hall–Kier alpha value is -1.01. The molecule has 1 saturated carbocycles. The van der Waals surface area contributed by atoms with Crippen LogP contribution in [0.15, 0.2) is 17.5 Å². The first kappa shape index (κ1) is 14.4. The molecule has 1 heterocycles. The van der Waals surface area contributed by atoms with Gasteiger partial charge in [-0.25, -0.2) is 4.79 Å². The van der Waals surface area contributed by atoms with Crippen molar-refractivity contribution in [3.63, 3.8) is 0 Å². The monoisotopic (exact) mass is 299 g/mol. The largest absolute Gasteiger partial charge is 0.480 e. The van der Waals surface area contributed by atoms with E-state index in [0.717, 1.165) is 18.6 Å². The van der Waals surface area contributed by atoms with Crippen LogP contribution in [0.2, 0.25) is 0 Å². The Morgan fingerprint density at radius 3 is 2.74 bits per heavy atom. The van der Waals surface area contributed by atoms with Crippen LogP contribution in [0.4, 0.5) is 0 Å². The van der Waals surface area contributed by atoms with E-state index in [9.17, 15) is 14.7 Å². The van der Waals surface area contributed by atoms with E-state index in [4.69, 9.17) is 0 Å². The summed E-state index contributed by atoms with van der Waals surface area (Å²) < 4.78 is 0. The predicted molar refractivity (Wildman–Crippen MR) is 77.5 cm³/mol. The Balaban J connectivity index is 1.78. The van der Waals surface area contributed by atoms with Crippen LogP contribution in [-0.4, -0.2) is 28.3 Å². The summed E-state index contributed by atoms with van der Waals surface area (Å²) in [5.41, 5.74) is -1.01. The maximum atomic E-state index is 11.8. The van der Waals surface area contributed by atoms with Crippen LogP contribution in [0.25, 0.3) is 0 Å². The van der Waals surface area contributed by atoms with Crippen molar-refractivity contribution in [1.82, 2.24) is 5.32 Å². The van der Waals surface area contributed by atoms with E-state index in [1.807, 2.05) is 17.5 Å². The number of nitrogens with one attached hydrogen (secondary N) is 1. The highest BCUT2D eigenvalue weighted by Gasteiger charge is 2.42. The van der Waals surface area contributed by atoms with Gasteiger partial charge in [-0.2, -0.15) is 0 Å². The summed E-state index contributed by atoms with van der Waals surface area (Å²) in [6.45, 7) is 0. The summed E-state index contributed by atoms with van der Waals surface area (Å²) in [6.07, 6.45) is 2.83. The smallest absolute Gasteiger partial charge is 0.329 e. The van der Waals surface area contributed by atoms with Crippen LogP contribution in [0.1, 0.15) is 30.6 Å². The fourth-order valence-electron chi connectivity index (χ4n) is 2.31. The zero-order valence-corrected chi connectivity index (χ0v) is 12.2. The molecule has 1 aliphatic carbocycles. The molecule has 0 radical (unpaired) electrons. The number of aliphatic carboxylic acids is 1. The number of thioether (sulfide) groups is 1. The molecule has 2 rings (SSSR count). The SMILES string of the molecule is O=C(CSCc1cccs1)NC1(C(=O)O)CCCC1. The number of amides is 1. The first-order valence-electron chi connectivity index (χ1n) is 6.27. The first-order valence-corrected chi connectivity index (χ1v) is 8.30. The molecule has 0 saturated heterocycles. The van der Waals surface area contributed by atoms with Crippen molar-refractivity contribution >= 4 is 35.0 Å². The number of carboxylic acid groups (broad SMARTS) is 1. The number of hydrogen-bond acceptors (Lipinski definition) is 4. The number of hydrogen-bond donors (Lipinski definition) is 2. The Kier molecular flexibility index (Phi) is 4.87. The predicted octanol–water partition coefficient (Wildman–Crippen LogP) is 2.49. The Morgan fingerprint density at radius 2 is 2.16 bits per heavy atom. The fraction of sp³-hybridized carbons (Fsp3) is 0.538. The van der Waals surface area contributed by atoms with Crippen molar-refractivity contribution in [3.8, 4) is 0 Å². The van der Waals surface area contributed by atoms with Gasteiger partial charge in [0.15, 0.2) is 0 Å². The normalized spacial score (nSPS) is 17.3. The highest BCUT2D eigenvalue weighted by atomic mass is 32.2. The molecule has 4 nitrogen and oxygen atoms in total. The summed E-state index contributed by atoms with van der Waals surface area (Å²) >= 11 is 3.18. The van der Waals surface area contributed by atoms with Crippen LogP contribution in [0, 0.1) is 0 Å². The third-order valence-corrected chi connectivity index (χ3v) is 5.34. The molecule has 0 atom stereocenters. The number of rotatable bonds is 6. The van der Waals surface area contributed by atoms with E-state index in [1.54, 1.807) is 11.3 Å². The molecule has 0 bridgehead atoms. The van der Waals surface area contributed by atoms with E-state index in [0.29, 0.717) is 18.6 Å². The highest BCUT2D eigenvalue weighted by molar-refractivity contribution is 7.99. The molecule has 2 N–H and O–H groups in total. The second-order valence-electron chi connectivity index (χ2n) is 4.71. The van der Waals surface area contributed by atoms with Gasteiger partial charge < -0.3 is 10.4 Å². The third-order valence-electron chi connectivity index (χ3n) is 3.30. The number of carboxylic acids is 1. The minimum Gasteiger partial charge on any atom is -0.480 e. The first-order chi connectivity index (χ1) is 9.12. The molecule has 6 heteroatoms. The van der Waals surface area contributed by atoms with Crippen molar-refractivity contribution in [2.75, 3.05) is 5.75 Å². The molecule has 0 spiro atoms. The van der Waals surface area contributed by atoms with Gasteiger partial charge in [0, 0.05) is 10.6 Å². The maximum Gasteiger partial charge on any atom is 0.329 e. The zero-order valence-electron chi connectivity index (χ0n) is 10.6. The van der Waals surface area contributed by atoms with Crippen molar-refractivity contribution in [1.29, 1.82) is 0 Å². The third kappa shape index (κ3) is 3.73. The average molecular weight is 299 g/mol. The highest BCUT2D eigenvalue weighted by Crippen LogP contribution is 2.30. The van der Waals surface area contributed by atoms with E-state index in [-0.39, 0.29) is 5.91 Å². The Labute approximate surface area is 120 Å². The lowest BCUT2D eigenvalue weighted by molar-refractivity contribution is -0.147. The molecule has 1 aliphatic rings. The molecule has 1 fully saturated rings. The summed E-state index contributed by atoms with van der Waals surface area (Å²) in [7, 11) is 0. The molecule has 0 aromatic carbocycles. The van der Waals surface area contributed by atoms with Gasteiger partial charge in [0.05, 0.1) is 5.75 Å². The molecule has 0 aliphatic heterocycles. The van der Waals surface area contributed by atoms with Gasteiger partial charge in [0.25, 0.3) is 0 Å². The summed E-state index contributed by atoms with van der Waals surface area (Å²) in [6, 6.07) is 4.02. The lowest BCUT2D eigenvalue weighted by Gasteiger charge is -2.25. The summed E-state index contributed by atoms with van der Waals surface area (Å²) in [5, 5.41) is 14.0. The van der Waals surface area contributed by atoms with Gasteiger partial charge in [0.2, 0.25) is 5.91 Å². The van der Waals surface area contributed by atoms with Gasteiger partial charge in [-0.1, -0.05) is 18.9 Å². The topological polar surface area (TPSA) is 66.4 Å². The lowest BCUT2D eigenvalue weighted by Crippen LogP contribution is -2.53. The van der Waals surface area contributed by atoms with Crippen LogP contribution in [0.5, 0.6) is 0 Å². The van der Waals surface area contributed by atoms with Crippen molar-refractivity contribution in [2.45, 2.75) is 37.0 Å². The second-order valence-corrected chi connectivity index (χ2v) is 6.73. The second kappa shape index (κ2) is 6.43. The molecule has 1 aromatic rings. The number of carbonyl (C=O) groups is 2. The minimum absolute atomic E-state index is 0.175. The van der Waals surface area contributed by atoms with Gasteiger partial charge in [-0.3, -0.25) is 4.79 Å². The number of thiophene rings is 1. The lowest BCUT2D eigenvalue weighted by atomic mass is 9.98. The molecular formula is C13H17NO3S2. The van der Waals surface area contributed by atoms with Gasteiger partial charge in [-0.05, 0) is 24.3 Å². The summed E-state index contributed by atoms with van der Waals surface area (Å²) in [4.78, 5) is 24.4. The quantitative estimate of drug-likeness (QED) is 0.847. The Bertz CT molecular complexity index is 439. The van der Waals surface area contributed by atoms with Crippen molar-refractivity contribution in [2.24, 2.45) is 0 Å². The standard InChI is InChI=1S/C13H17NO3S2/c15-11(9-18-8-10-4-3-7-19-10)14-13(12(16)17)5-1-2-6-13/h3-4,7H,1-2,5-6,8-9H2,(H,14,15)(H,16,17). The van der Waals surface area contributed by atoms with E-state index < -0.39 is 11.5 Å². The van der Waals surface area contributed by atoms with E-state index in [1.165, 1.54) is 16.6 Å². The average Bonchev–Trinajstić information content (AvgIpc) is 3.00. The zero-order chi connectivity index (χ0) is 13.7. The molecule has 1 amide bonds. The van der Waals surface area contributed by atoms with E-state index in [2.05, 4.69) is 5.32 Å². The van der Waals surface area contributed by atoms with Gasteiger partial charge in [-0.15, -0.1) is 23.1 Å². The molecule has 104 valence electrons. The number of carbonyl (C=O) groups excluding carboxylic acids is 1. The summed E-state index contributed by atoms with van der Waals surface area (Å²) in [5.74, 6) is 0.0328. The van der Waals surface area contributed by atoms with E-state index >= 15 is 0 Å². The minimum atomic E-state index is -1.01. The molecule has 0 unspecified atom stereocenters. The van der Waals surface area contributed by atoms with Gasteiger partial charge >= 0.3 is 5.97 Å². The van der Waals surface area contributed by atoms with Crippen LogP contribution >= 0.6 is 23.1 Å². The maximum absolute atomic E-state index is 11.8.